The first-order valence-corrected chi connectivity index (χ1v) is 8.97. The lowest BCUT2D eigenvalue weighted by Gasteiger charge is -2.15. The Labute approximate surface area is 158 Å². The van der Waals surface area contributed by atoms with Crippen LogP contribution in [-0.2, 0) is 6.42 Å². The summed E-state index contributed by atoms with van der Waals surface area (Å²) in [6.45, 7) is 3.78. The van der Waals surface area contributed by atoms with Crippen molar-refractivity contribution in [2.24, 2.45) is 0 Å². The molecule has 1 amide bonds. The van der Waals surface area contributed by atoms with E-state index in [4.69, 9.17) is 4.74 Å². The van der Waals surface area contributed by atoms with Crippen LogP contribution in [0.15, 0.2) is 48.5 Å². The largest absolute Gasteiger partial charge is 0.497 e. The van der Waals surface area contributed by atoms with Crippen molar-refractivity contribution in [3.05, 3.63) is 71.2 Å². The summed E-state index contributed by atoms with van der Waals surface area (Å²) < 4.78 is 18.6. The summed E-state index contributed by atoms with van der Waals surface area (Å²) in [5.41, 5.74) is 2.89. The van der Waals surface area contributed by atoms with E-state index < -0.39 is 0 Å². The smallest absolute Gasteiger partial charge is 0.252 e. The molecular formula is C22H23FN2O2. The van der Waals surface area contributed by atoms with Crippen LogP contribution in [-0.4, -0.2) is 24.0 Å². The zero-order valence-electron chi connectivity index (χ0n) is 15.8. The molecule has 0 fully saturated rings. The molecule has 0 bridgehead atoms. The molecule has 1 N–H and O–H groups in total. The molecule has 140 valence electrons. The quantitative estimate of drug-likeness (QED) is 0.702. The van der Waals surface area contributed by atoms with Crippen LogP contribution >= 0.6 is 0 Å². The first kappa shape index (κ1) is 18.8. The number of rotatable bonds is 6. The molecule has 0 spiro atoms. The lowest BCUT2D eigenvalue weighted by atomic mass is 10.0. The molecule has 0 aliphatic heterocycles. The summed E-state index contributed by atoms with van der Waals surface area (Å²) in [6, 6.07) is 14.0. The van der Waals surface area contributed by atoms with E-state index in [1.165, 1.54) is 17.7 Å². The minimum absolute atomic E-state index is 0.00331. The summed E-state index contributed by atoms with van der Waals surface area (Å²) in [4.78, 5) is 17.1. The Morgan fingerprint density at radius 3 is 2.63 bits per heavy atom. The molecule has 5 heteroatoms. The number of hydrogen-bond donors (Lipinski definition) is 1. The van der Waals surface area contributed by atoms with Gasteiger partial charge in [0.05, 0.1) is 18.2 Å². The van der Waals surface area contributed by atoms with Crippen molar-refractivity contribution >= 4 is 16.8 Å². The topological polar surface area (TPSA) is 51.2 Å². The Bertz CT molecular complexity index is 949. The first-order valence-electron chi connectivity index (χ1n) is 8.97. The number of aromatic nitrogens is 1. The average molecular weight is 366 g/mol. The lowest BCUT2D eigenvalue weighted by Crippen LogP contribution is -2.33. The SMILES string of the molecule is COc1ccc(CC[C@H](C)NC(=O)c2cc(C)nc3cc(F)ccc23)cc1. The van der Waals surface area contributed by atoms with E-state index in [-0.39, 0.29) is 17.8 Å². The summed E-state index contributed by atoms with van der Waals surface area (Å²) in [5.74, 6) is 0.302. The number of amides is 1. The van der Waals surface area contributed by atoms with Crippen molar-refractivity contribution in [2.45, 2.75) is 32.7 Å². The molecule has 3 rings (SSSR count). The number of carbonyl (C=O) groups excluding carboxylic acids is 1. The Hall–Kier alpha value is -2.95. The molecule has 0 aliphatic rings. The number of pyridine rings is 1. The average Bonchev–Trinajstić information content (AvgIpc) is 2.65. The van der Waals surface area contributed by atoms with E-state index in [0.717, 1.165) is 18.6 Å². The van der Waals surface area contributed by atoms with Gasteiger partial charge in [-0.2, -0.15) is 0 Å². The third kappa shape index (κ3) is 4.61. The summed E-state index contributed by atoms with van der Waals surface area (Å²) in [7, 11) is 1.64. The number of nitrogens with zero attached hydrogens (tertiary/aromatic N) is 1. The molecule has 27 heavy (non-hydrogen) atoms. The van der Waals surface area contributed by atoms with E-state index in [2.05, 4.69) is 10.3 Å². The highest BCUT2D eigenvalue weighted by molar-refractivity contribution is 6.06. The molecule has 0 unspecified atom stereocenters. The normalized spacial score (nSPS) is 12.0. The summed E-state index contributed by atoms with van der Waals surface area (Å²) >= 11 is 0. The Kier molecular flexibility index (Phi) is 5.69. The molecular weight excluding hydrogens is 343 g/mol. The minimum atomic E-state index is -0.361. The Balaban J connectivity index is 1.68. The summed E-state index contributed by atoms with van der Waals surface area (Å²) in [6.07, 6.45) is 1.67. The van der Waals surface area contributed by atoms with Crippen LogP contribution in [0.5, 0.6) is 5.75 Å². The van der Waals surface area contributed by atoms with Crippen LogP contribution in [0.25, 0.3) is 10.9 Å². The van der Waals surface area contributed by atoms with Gasteiger partial charge in [-0.15, -0.1) is 0 Å². The van der Waals surface area contributed by atoms with E-state index in [1.54, 1.807) is 26.2 Å². The van der Waals surface area contributed by atoms with Gasteiger partial charge in [0.15, 0.2) is 0 Å². The van der Waals surface area contributed by atoms with Crippen LogP contribution in [0.1, 0.15) is 35.0 Å². The van der Waals surface area contributed by atoms with Gasteiger partial charge in [0.25, 0.3) is 5.91 Å². The molecule has 3 aromatic rings. The van der Waals surface area contributed by atoms with Crippen LogP contribution < -0.4 is 10.1 Å². The molecule has 0 radical (unpaired) electrons. The van der Waals surface area contributed by atoms with Crippen LogP contribution in [0.3, 0.4) is 0 Å². The number of halogens is 1. The van der Waals surface area contributed by atoms with Gasteiger partial charge in [0.1, 0.15) is 11.6 Å². The maximum absolute atomic E-state index is 13.5. The number of fused-ring (bicyclic) bond motifs is 1. The number of hydrogen-bond acceptors (Lipinski definition) is 3. The van der Waals surface area contributed by atoms with E-state index in [1.807, 2.05) is 31.2 Å². The maximum atomic E-state index is 13.5. The fourth-order valence-electron chi connectivity index (χ4n) is 3.07. The molecule has 2 aromatic carbocycles. The van der Waals surface area contributed by atoms with Crippen molar-refractivity contribution in [2.75, 3.05) is 7.11 Å². The number of ether oxygens (including phenoxy) is 1. The molecule has 1 atom stereocenters. The third-order valence-electron chi connectivity index (χ3n) is 4.55. The zero-order chi connectivity index (χ0) is 19.4. The third-order valence-corrected chi connectivity index (χ3v) is 4.55. The number of aryl methyl sites for hydroxylation is 2. The van der Waals surface area contributed by atoms with Gasteiger partial charge in [-0.05, 0) is 62.6 Å². The Morgan fingerprint density at radius 1 is 1.19 bits per heavy atom. The zero-order valence-corrected chi connectivity index (χ0v) is 15.8. The Morgan fingerprint density at radius 2 is 1.93 bits per heavy atom. The fraction of sp³-hybridized carbons (Fsp3) is 0.273. The van der Waals surface area contributed by atoms with Crippen molar-refractivity contribution in [3.8, 4) is 5.75 Å². The standard InChI is InChI=1S/C22H23FN2O2/c1-14(4-5-16-6-9-18(27-3)10-7-16)25-22(26)20-12-15(2)24-21-13-17(23)8-11-19(20)21/h6-14H,4-5H2,1-3H3,(H,25,26)/t14-/m0/s1. The second kappa shape index (κ2) is 8.16. The van der Waals surface area contributed by atoms with E-state index in [0.29, 0.717) is 22.2 Å². The van der Waals surface area contributed by atoms with Crippen molar-refractivity contribution in [3.63, 3.8) is 0 Å². The van der Waals surface area contributed by atoms with E-state index >= 15 is 0 Å². The highest BCUT2D eigenvalue weighted by atomic mass is 19.1. The fourth-order valence-corrected chi connectivity index (χ4v) is 3.07. The molecule has 0 saturated carbocycles. The van der Waals surface area contributed by atoms with Gasteiger partial charge in [0, 0.05) is 23.2 Å². The molecule has 1 heterocycles. The highest BCUT2D eigenvalue weighted by Gasteiger charge is 2.15. The molecule has 0 aliphatic carbocycles. The van der Waals surface area contributed by atoms with Gasteiger partial charge in [-0.3, -0.25) is 9.78 Å². The van der Waals surface area contributed by atoms with Gasteiger partial charge in [-0.1, -0.05) is 12.1 Å². The number of nitrogens with one attached hydrogen (secondary N) is 1. The highest BCUT2D eigenvalue weighted by Crippen LogP contribution is 2.20. The monoisotopic (exact) mass is 366 g/mol. The van der Waals surface area contributed by atoms with Gasteiger partial charge in [-0.25, -0.2) is 4.39 Å². The second-order valence-corrected chi connectivity index (χ2v) is 6.73. The van der Waals surface area contributed by atoms with Crippen molar-refractivity contribution in [1.82, 2.24) is 10.3 Å². The van der Waals surface area contributed by atoms with Gasteiger partial charge in [0.2, 0.25) is 0 Å². The number of benzene rings is 2. The molecule has 0 saturated heterocycles. The van der Waals surface area contributed by atoms with Crippen LogP contribution in [0.2, 0.25) is 0 Å². The van der Waals surface area contributed by atoms with Crippen LogP contribution in [0, 0.1) is 12.7 Å². The summed E-state index contributed by atoms with van der Waals surface area (Å²) in [5, 5.41) is 3.69. The number of methoxy groups -OCH3 is 1. The predicted octanol–water partition coefficient (Wildman–Crippen LogP) is 4.44. The van der Waals surface area contributed by atoms with Crippen LogP contribution in [0.4, 0.5) is 4.39 Å². The van der Waals surface area contributed by atoms with Crippen molar-refractivity contribution in [1.29, 1.82) is 0 Å². The minimum Gasteiger partial charge on any atom is -0.497 e. The molecule has 4 nitrogen and oxygen atoms in total. The lowest BCUT2D eigenvalue weighted by molar-refractivity contribution is 0.0940. The number of carbonyl (C=O) groups is 1. The molecule has 1 aromatic heterocycles. The second-order valence-electron chi connectivity index (χ2n) is 6.73. The predicted molar refractivity (Wildman–Crippen MR) is 105 cm³/mol. The van der Waals surface area contributed by atoms with Gasteiger partial charge < -0.3 is 10.1 Å². The van der Waals surface area contributed by atoms with E-state index in [9.17, 15) is 9.18 Å². The van der Waals surface area contributed by atoms with Gasteiger partial charge >= 0.3 is 0 Å². The maximum Gasteiger partial charge on any atom is 0.252 e. The van der Waals surface area contributed by atoms with Crippen molar-refractivity contribution < 1.29 is 13.9 Å². The first-order chi connectivity index (χ1) is 13.0.